The first kappa shape index (κ1) is 7.77. The Balaban J connectivity index is 2.55. The van der Waals surface area contributed by atoms with Crippen LogP contribution < -0.4 is 0 Å². The van der Waals surface area contributed by atoms with Gasteiger partial charge in [0, 0.05) is 12.3 Å². The molecular formula is C9H16O. The smallest absolute Gasteiger partial charge is 0.135 e. The third-order valence-electron chi connectivity index (χ3n) is 2.69. The normalized spacial score (nSPS) is 35.6. The molecule has 10 heavy (non-hydrogen) atoms. The van der Waals surface area contributed by atoms with E-state index in [-0.39, 0.29) is 0 Å². The Morgan fingerprint density at radius 3 is 2.70 bits per heavy atom. The minimum Gasteiger partial charge on any atom is -0.299 e. The summed E-state index contributed by atoms with van der Waals surface area (Å²) in [5.41, 5.74) is 0. The summed E-state index contributed by atoms with van der Waals surface area (Å²) < 4.78 is 0. The molecule has 2 atom stereocenters. The Labute approximate surface area is 62.8 Å². The van der Waals surface area contributed by atoms with Gasteiger partial charge in [0.05, 0.1) is 0 Å². The van der Waals surface area contributed by atoms with Gasteiger partial charge in [-0.05, 0) is 12.3 Å². The molecule has 0 N–H and O–H groups in total. The second-order valence-corrected chi connectivity index (χ2v) is 3.48. The zero-order valence-corrected chi connectivity index (χ0v) is 6.89. The molecule has 0 aliphatic heterocycles. The molecule has 58 valence electrons. The molecule has 0 aromatic carbocycles. The molecule has 0 saturated heterocycles. The van der Waals surface area contributed by atoms with E-state index in [4.69, 9.17) is 0 Å². The van der Waals surface area contributed by atoms with Crippen LogP contribution in [0.1, 0.15) is 39.5 Å². The van der Waals surface area contributed by atoms with Gasteiger partial charge in [-0.2, -0.15) is 0 Å². The van der Waals surface area contributed by atoms with Crippen molar-refractivity contribution in [3.63, 3.8) is 0 Å². The lowest BCUT2D eigenvalue weighted by molar-refractivity contribution is -0.123. The lowest BCUT2D eigenvalue weighted by atomic mass is 9.91. The second kappa shape index (κ2) is 3.18. The van der Waals surface area contributed by atoms with Crippen molar-refractivity contribution < 1.29 is 4.79 Å². The molecule has 1 aliphatic rings. The van der Waals surface area contributed by atoms with E-state index in [1.807, 2.05) is 0 Å². The molecule has 1 rings (SSSR count). The van der Waals surface area contributed by atoms with Crippen molar-refractivity contribution in [2.24, 2.45) is 11.8 Å². The van der Waals surface area contributed by atoms with Gasteiger partial charge >= 0.3 is 0 Å². The fourth-order valence-electron chi connectivity index (χ4n) is 1.56. The van der Waals surface area contributed by atoms with Crippen molar-refractivity contribution in [3.05, 3.63) is 0 Å². The Hall–Kier alpha value is -0.330. The Bertz CT molecular complexity index is 129. The highest BCUT2D eigenvalue weighted by Gasteiger charge is 2.21. The molecule has 1 fully saturated rings. The molecule has 0 bridgehead atoms. The fourth-order valence-corrected chi connectivity index (χ4v) is 1.56. The van der Waals surface area contributed by atoms with Crippen LogP contribution >= 0.6 is 0 Å². The SMILES string of the molecule is C[C@@H]1C(=O)CCCC[C@@H]1C. The third-order valence-corrected chi connectivity index (χ3v) is 2.69. The maximum Gasteiger partial charge on any atom is 0.135 e. The molecule has 1 nitrogen and oxygen atoms in total. The highest BCUT2D eigenvalue weighted by atomic mass is 16.1. The van der Waals surface area contributed by atoms with Crippen LogP contribution in [-0.4, -0.2) is 5.78 Å². The van der Waals surface area contributed by atoms with Gasteiger partial charge in [0.25, 0.3) is 0 Å². The summed E-state index contributed by atoms with van der Waals surface area (Å²) in [4.78, 5) is 11.2. The van der Waals surface area contributed by atoms with Crippen molar-refractivity contribution in [1.29, 1.82) is 0 Å². The van der Waals surface area contributed by atoms with Crippen LogP contribution in [0.3, 0.4) is 0 Å². The molecule has 0 unspecified atom stereocenters. The summed E-state index contributed by atoms with van der Waals surface area (Å²) >= 11 is 0. The molecule has 1 heteroatoms. The minimum atomic E-state index is 0.322. The van der Waals surface area contributed by atoms with E-state index < -0.39 is 0 Å². The average molecular weight is 140 g/mol. The fraction of sp³-hybridized carbons (Fsp3) is 0.889. The monoisotopic (exact) mass is 140 g/mol. The first-order chi connectivity index (χ1) is 4.72. The zero-order chi connectivity index (χ0) is 7.56. The number of hydrogen-bond acceptors (Lipinski definition) is 1. The quantitative estimate of drug-likeness (QED) is 0.472. The van der Waals surface area contributed by atoms with E-state index in [2.05, 4.69) is 13.8 Å². The van der Waals surface area contributed by atoms with Crippen molar-refractivity contribution >= 4 is 5.78 Å². The molecule has 0 aromatic heterocycles. The number of rotatable bonds is 0. The van der Waals surface area contributed by atoms with Gasteiger partial charge in [0.15, 0.2) is 0 Å². The average Bonchev–Trinajstić information content (AvgIpc) is 2.04. The summed E-state index contributed by atoms with van der Waals surface area (Å²) in [6.07, 6.45) is 4.43. The van der Waals surface area contributed by atoms with Crippen molar-refractivity contribution in [2.75, 3.05) is 0 Å². The van der Waals surface area contributed by atoms with Crippen molar-refractivity contribution in [2.45, 2.75) is 39.5 Å². The summed E-state index contributed by atoms with van der Waals surface area (Å²) in [6.45, 7) is 4.26. The van der Waals surface area contributed by atoms with Gasteiger partial charge in [-0.3, -0.25) is 4.79 Å². The van der Waals surface area contributed by atoms with E-state index >= 15 is 0 Å². The standard InChI is InChI=1S/C9H16O/c1-7-5-3-4-6-9(10)8(7)2/h7-8H,3-6H2,1-2H3/t7-,8-/m0/s1. The molecule has 0 radical (unpaired) electrons. The van der Waals surface area contributed by atoms with Gasteiger partial charge in [0.2, 0.25) is 0 Å². The van der Waals surface area contributed by atoms with Crippen LogP contribution in [0.25, 0.3) is 0 Å². The Kier molecular flexibility index (Phi) is 2.47. The van der Waals surface area contributed by atoms with Crippen LogP contribution in [0.15, 0.2) is 0 Å². The summed E-state index contributed by atoms with van der Waals surface area (Å²) in [5, 5.41) is 0. The number of carbonyl (C=O) groups is 1. The van der Waals surface area contributed by atoms with E-state index in [0.29, 0.717) is 17.6 Å². The number of ketones is 1. The van der Waals surface area contributed by atoms with Gasteiger partial charge < -0.3 is 0 Å². The van der Waals surface area contributed by atoms with E-state index in [9.17, 15) is 4.79 Å². The van der Waals surface area contributed by atoms with Crippen molar-refractivity contribution in [1.82, 2.24) is 0 Å². The van der Waals surface area contributed by atoms with Crippen LogP contribution in [-0.2, 0) is 4.79 Å². The minimum absolute atomic E-state index is 0.322. The largest absolute Gasteiger partial charge is 0.299 e. The molecule has 1 aliphatic carbocycles. The Morgan fingerprint density at radius 1 is 1.30 bits per heavy atom. The molecule has 1 saturated carbocycles. The predicted molar refractivity (Wildman–Crippen MR) is 41.8 cm³/mol. The van der Waals surface area contributed by atoms with Gasteiger partial charge in [-0.15, -0.1) is 0 Å². The maximum atomic E-state index is 11.2. The highest BCUT2D eigenvalue weighted by Crippen LogP contribution is 2.24. The van der Waals surface area contributed by atoms with Crippen molar-refractivity contribution in [3.8, 4) is 0 Å². The Morgan fingerprint density at radius 2 is 2.00 bits per heavy atom. The van der Waals surface area contributed by atoms with Gasteiger partial charge in [0.1, 0.15) is 5.78 Å². The highest BCUT2D eigenvalue weighted by molar-refractivity contribution is 5.81. The van der Waals surface area contributed by atoms with Crippen LogP contribution in [0.4, 0.5) is 0 Å². The molecule has 0 amide bonds. The van der Waals surface area contributed by atoms with E-state index in [1.165, 1.54) is 12.8 Å². The van der Waals surface area contributed by atoms with Crippen LogP contribution in [0.2, 0.25) is 0 Å². The first-order valence-electron chi connectivity index (χ1n) is 4.24. The molecule has 0 aromatic rings. The molecule has 0 spiro atoms. The molecular weight excluding hydrogens is 124 g/mol. The second-order valence-electron chi connectivity index (χ2n) is 3.48. The van der Waals surface area contributed by atoms with Crippen LogP contribution in [0, 0.1) is 11.8 Å². The van der Waals surface area contributed by atoms with Gasteiger partial charge in [-0.1, -0.05) is 26.7 Å². The molecule has 0 heterocycles. The van der Waals surface area contributed by atoms with E-state index in [0.717, 1.165) is 12.8 Å². The number of hydrogen-bond donors (Lipinski definition) is 0. The van der Waals surface area contributed by atoms with Crippen LogP contribution in [0.5, 0.6) is 0 Å². The number of Topliss-reactive ketones (excluding diaryl/α,β-unsaturated/α-hetero) is 1. The lowest BCUT2D eigenvalue weighted by Crippen LogP contribution is -2.15. The summed E-state index contributed by atoms with van der Waals surface area (Å²) in [5.74, 6) is 1.42. The first-order valence-corrected chi connectivity index (χ1v) is 4.24. The van der Waals surface area contributed by atoms with E-state index in [1.54, 1.807) is 0 Å². The third kappa shape index (κ3) is 1.59. The maximum absolute atomic E-state index is 11.2. The lowest BCUT2D eigenvalue weighted by Gasteiger charge is -2.13. The topological polar surface area (TPSA) is 17.1 Å². The zero-order valence-electron chi connectivity index (χ0n) is 6.89. The predicted octanol–water partition coefficient (Wildman–Crippen LogP) is 2.40. The number of carbonyl (C=O) groups excluding carboxylic acids is 1. The van der Waals surface area contributed by atoms with Gasteiger partial charge in [-0.25, -0.2) is 0 Å². The summed E-state index contributed by atoms with van der Waals surface area (Å²) in [7, 11) is 0. The summed E-state index contributed by atoms with van der Waals surface area (Å²) in [6, 6.07) is 0.